The van der Waals surface area contributed by atoms with E-state index >= 15 is 0 Å². The molecule has 2 aromatic heterocycles. The Kier molecular flexibility index (Phi) is 9.86. The minimum absolute atomic E-state index is 0.0686. The Morgan fingerprint density at radius 3 is 2.49 bits per heavy atom. The number of aliphatic hydroxyl groups is 1. The van der Waals surface area contributed by atoms with Crippen LogP contribution in [-0.2, 0) is 38.5 Å². The summed E-state index contributed by atoms with van der Waals surface area (Å²) in [6.45, 7) is 8.60. The fraction of sp³-hybridized carbons (Fsp3) is 0.483. The van der Waals surface area contributed by atoms with Gasteiger partial charge in [0.25, 0.3) is 0 Å². The normalized spacial score (nSPS) is 25.1. The second-order valence-corrected chi connectivity index (χ2v) is 13.0. The number of esters is 2. The van der Waals surface area contributed by atoms with E-state index in [4.69, 9.17) is 29.0 Å². The lowest BCUT2D eigenvalue weighted by Crippen LogP contribution is -2.54. The number of rotatable bonds is 12. The van der Waals surface area contributed by atoms with E-state index in [1.807, 2.05) is 6.07 Å². The van der Waals surface area contributed by atoms with Gasteiger partial charge in [-0.15, -0.1) is 0 Å². The zero-order valence-corrected chi connectivity index (χ0v) is 26.6. The number of hydrogen-bond donors (Lipinski definition) is 3. The number of carbonyl (C=O) groups is 2. The highest BCUT2D eigenvalue weighted by atomic mass is 31.2. The van der Waals surface area contributed by atoms with Crippen molar-refractivity contribution in [2.24, 2.45) is 5.92 Å². The molecule has 0 aliphatic carbocycles. The van der Waals surface area contributed by atoms with Crippen LogP contribution < -0.4 is 15.3 Å². The molecular weight excluding hydrogens is 607 g/mol. The molecule has 0 saturated carbocycles. The highest BCUT2D eigenvalue weighted by molar-refractivity contribution is 7.52. The molecular formula is C29H37N6O9P. The third-order valence-corrected chi connectivity index (χ3v) is 8.73. The van der Waals surface area contributed by atoms with E-state index in [2.05, 4.69) is 15.2 Å². The monoisotopic (exact) mass is 644 g/mol. The number of nitrogens with zero attached hydrogens (tertiary/aromatic N) is 4. The zero-order chi connectivity index (χ0) is 33.2. The first-order valence-corrected chi connectivity index (χ1v) is 15.8. The molecule has 6 atom stereocenters. The molecule has 1 aliphatic rings. The summed E-state index contributed by atoms with van der Waals surface area (Å²) >= 11 is 0. The Hall–Kier alpha value is -4.06. The second kappa shape index (κ2) is 13.1. The number of nitrogens with two attached hydrogens (primary N) is 1. The van der Waals surface area contributed by atoms with Crippen LogP contribution in [0.1, 0.15) is 47.2 Å². The molecule has 0 amide bonds. The maximum atomic E-state index is 14.1. The lowest BCUT2D eigenvalue weighted by atomic mass is 9.80. The molecule has 4 N–H and O–H groups in total. The number of benzene rings is 1. The quantitative estimate of drug-likeness (QED) is 0.191. The van der Waals surface area contributed by atoms with Gasteiger partial charge in [-0.3, -0.25) is 14.1 Å². The van der Waals surface area contributed by atoms with Crippen LogP contribution in [0.25, 0.3) is 5.52 Å². The smallest absolute Gasteiger partial charge is 0.459 e. The predicted molar refractivity (Wildman–Crippen MR) is 159 cm³/mol. The van der Waals surface area contributed by atoms with Crippen molar-refractivity contribution in [3.63, 3.8) is 0 Å². The minimum Gasteiger partial charge on any atom is -0.462 e. The molecule has 0 radical (unpaired) electrons. The predicted octanol–water partition coefficient (Wildman–Crippen LogP) is 2.88. The highest BCUT2D eigenvalue weighted by Crippen LogP contribution is 2.51. The molecule has 1 aromatic carbocycles. The summed E-state index contributed by atoms with van der Waals surface area (Å²) in [7, 11) is -4.40. The molecule has 242 valence electrons. The fourth-order valence-electron chi connectivity index (χ4n) is 4.79. The van der Waals surface area contributed by atoms with Gasteiger partial charge in [0.05, 0.1) is 24.3 Å². The number of nitrogen functional groups attached to an aromatic ring is 1. The minimum atomic E-state index is -4.40. The molecule has 2 unspecified atom stereocenters. The number of carbonyl (C=O) groups excluding carboxylic acids is 2. The number of ether oxygens (including phenoxy) is 3. The van der Waals surface area contributed by atoms with Crippen molar-refractivity contribution in [3.8, 4) is 11.8 Å². The van der Waals surface area contributed by atoms with Crippen LogP contribution in [0.3, 0.4) is 0 Å². The van der Waals surface area contributed by atoms with Crippen molar-refractivity contribution in [3.05, 3.63) is 54.5 Å². The van der Waals surface area contributed by atoms with Crippen molar-refractivity contribution in [1.29, 1.82) is 5.26 Å². The van der Waals surface area contributed by atoms with Crippen molar-refractivity contribution in [2.45, 2.75) is 77.1 Å². The molecule has 45 heavy (non-hydrogen) atoms. The lowest BCUT2D eigenvalue weighted by molar-refractivity contribution is -0.168. The highest BCUT2D eigenvalue weighted by Gasteiger charge is 2.67. The van der Waals surface area contributed by atoms with Gasteiger partial charge in [-0.25, -0.2) is 14.1 Å². The summed E-state index contributed by atoms with van der Waals surface area (Å²) < 4.78 is 44.0. The van der Waals surface area contributed by atoms with Crippen molar-refractivity contribution in [1.82, 2.24) is 19.7 Å². The number of nitriles is 1. The largest absolute Gasteiger partial charge is 0.462 e. The zero-order valence-electron chi connectivity index (χ0n) is 25.7. The Morgan fingerprint density at radius 1 is 1.18 bits per heavy atom. The van der Waals surface area contributed by atoms with Gasteiger partial charge in [-0.2, -0.15) is 15.4 Å². The van der Waals surface area contributed by atoms with E-state index in [1.165, 1.54) is 42.9 Å². The molecule has 15 nitrogen and oxygen atoms in total. The average molecular weight is 645 g/mol. The van der Waals surface area contributed by atoms with E-state index in [-0.39, 0.29) is 17.3 Å². The fourth-order valence-corrected chi connectivity index (χ4v) is 6.29. The molecule has 16 heteroatoms. The molecule has 1 saturated heterocycles. The van der Waals surface area contributed by atoms with E-state index in [0.717, 1.165) is 0 Å². The first kappa shape index (κ1) is 33.8. The second-order valence-electron chi connectivity index (χ2n) is 11.3. The van der Waals surface area contributed by atoms with E-state index in [9.17, 15) is 24.5 Å². The summed E-state index contributed by atoms with van der Waals surface area (Å²) in [4.78, 5) is 29.3. The maximum Gasteiger partial charge on any atom is 0.459 e. The molecule has 4 rings (SSSR count). The number of aromatic nitrogens is 3. The Balaban J connectivity index is 1.72. The topological polar surface area (TPSA) is 210 Å². The van der Waals surface area contributed by atoms with Gasteiger partial charge in [0, 0.05) is 0 Å². The van der Waals surface area contributed by atoms with E-state index < -0.39 is 67.8 Å². The molecule has 1 fully saturated rings. The van der Waals surface area contributed by atoms with Crippen molar-refractivity contribution < 1.29 is 42.5 Å². The number of hydrogen-bond acceptors (Lipinski definition) is 13. The number of fused-ring (bicyclic) bond motifs is 1. The standard InChI is InChI=1S/C29H37N6O9P/c1-17(2)26(36)42-24-22(43-29(15-30,28(24,6)38)23-13-12-21-25(31)32-16-33-35(21)23)14-40-45(39,44-20-10-8-7-9-11-20)34-19(5)27(37)41-18(3)4/h7-13,16-19,22,24,38H,14H2,1-6H3,(H,34,39)(H2,31,32,33)/t19-,22+,24?,28+,29-,45?/m0/s1. The summed E-state index contributed by atoms with van der Waals surface area (Å²) in [6.07, 6.45) is -2.15. The van der Waals surface area contributed by atoms with Gasteiger partial charge in [0.1, 0.15) is 41.4 Å². The number of nitrogens with one attached hydrogen (secondary N) is 1. The third-order valence-electron chi connectivity index (χ3n) is 7.08. The van der Waals surface area contributed by atoms with Gasteiger partial charge < -0.3 is 29.6 Å². The van der Waals surface area contributed by atoms with Crippen LogP contribution in [-0.4, -0.2) is 68.2 Å². The Labute approximate surface area is 260 Å². The van der Waals surface area contributed by atoms with Gasteiger partial charge >= 0.3 is 19.7 Å². The molecule has 0 bridgehead atoms. The lowest BCUT2D eigenvalue weighted by Gasteiger charge is -2.34. The van der Waals surface area contributed by atoms with Crippen LogP contribution >= 0.6 is 7.75 Å². The first-order chi connectivity index (χ1) is 21.1. The van der Waals surface area contributed by atoms with Crippen LogP contribution in [0.5, 0.6) is 5.75 Å². The average Bonchev–Trinajstić information content (AvgIpc) is 3.50. The SMILES string of the molecule is CC(C)OC(=O)[C@H](C)NP(=O)(OC[C@H]1O[C@@](C#N)(c2ccc3c(N)ncnn23)[C@](C)(O)C1OC(=O)C(C)C)Oc1ccccc1. The van der Waals surface area contributed by atoms with Gasteiger partial charge in [0.2, 0.25) is 5.60 Å². The van der Waals surface area contributed by atoms with Crippen molar-refractivity contribution >= 4 is 31.0 Å². The summed E-state index contributed by atoms with van der Waals surface area (Å²) in [5.41, 5.74) is 1.99. The van der Waals surface area contributed by atoms with Crippen molar-refractivity contribution in [2.75, 3.05) is 12.3 Å². The summed E-state index contributed by atoms with van der Waals surface area (Å²) in [5.74, 6) is -1.74. The molecule has 3 heterocycles. The summed E-state index contributed by atoms with van der Waals surface area (Å²) in [5, 5.41) is 29.3. The first-order valence-electron chi connectivity index (χ1n) is 14.2. The third kappa shape index (κ3) is 6.80. The number of anilines is 1. The van der Waals surface area contributed by atoms with E-state index in [0.29, 0.717) is 5.52 Å². The van der Waals surface area contributed by atoms with Gasteiger partial charge in [-0.1, -0.05) is 32.0 Å². The molecule has 0 spiro atoms. The maximum absolute atomic E-state index is 14.1. The Morgan fingerprint density at radius 2 is 1.87 bits per heavy atom. The van der Waals surface area contributed by atoms with Crippen LogP contribution in [0.2, 0.25) is 0 Å². The van der Waals surface area contributed by atoms with Gasteiger partial charge in [0.15, 0.2) is 11.9 Å². The molecule has 3 aromatic rings. The van der Waals surface area contributed by atoms with Crippen LogP contribution in [0, 0.1) is 17.2 Å². The summed E-state index contributed by atoms with van der Waals surface area (Å²) in [6, 6.07) is 12.0. The van der Waals surface area contributed by atoms with Crippen LogP contribution in [0.15, 0.2) is 48.8 Å². The Bertz CT molecular complexity index is 1620. The number of para-hydroxylation sites is 1. The van der Waals surface area contributed by atoms with Crippen LogP contribution in [0.4, 0.5) is 5.82 Å². The van der Waals surface area contributed by atoms with E-state index in [1.54, 1.807) is 52.0 Å². The van der Waals surface area contributed by atoms with Gasteiger partial charge in [-0.05, 0) is 52.0 Å². The molecule has 1 aliphatic heterocycles.